The van der Waals surface area contributed by atoms with Gasteiger partial charge in [-0.3, -0.25) is 0 Å². The highest BCUT2D eigenvalue weighted by Gasteiger charge is 2.38. The van der Waals surface area contributed by atoms with Crippen LogP contribution in [0.2, 0.25) is 5.02 Å². The summed E-state index contributed by atoms with van der Waals surface area (Å²) in [6.07, 6.45) is -4.24. The molecule has 1 aliphatic rings. The van der Waals surface area contributed by atoms with Crippen LogP contribution >= 0.6 is 11.6 Å². The Balaban J connectivity index is 2.35. The maximum Gasteiger partial charge on any atom is 0.417 e. The third kappa shape index (κ3) is 3.19. The number of sulfonamides is 1. The van der Waals surface area contributed by atoms with Gasteiger partial charge in [0.1, 0.15) is 0 Å². The van der Waals surface area contributed by atoms with Crippen LogP contribution in [-0.4, -0.2) is 20.5 Å². The predicted octanol–water partition coefficient (Wildman–Crippen LogP) is 1.74. The van der Waals surface area contributed by atoms with Gasteiger partial charge in [0.05, 0.1) is 15.5 Å². The summed E-state index contributed by atoms with van der Waals surface area (Å²) in [6.45, 7) is 0. The molecule has 1 fully saturated rings. The molecule has 2 rings (SSSR count). The molecular weight excluding hydrogens is 305 g/mol. The Morgan fingerprint density at radius 1 is 1.37 bits per heavy atom. The molecule has 1 aromatic rings. The molecule has 0 heterocycles. The van der Waals surface area contributed by atoms with Crippen LogP contribution in [0.3, 0.4) is 0 Å². The van der Waals surface area contributed by atoms with Gasteiger partial charge in [-0.25, -0.2) is 13.1 Å². The van der Waals surface area contributed by atoms with E-state index in [2.05, 4.69) is 4.72 Å². The summed E-state index contributed by atoms with van der Waals surface area (Å²) in [5.41, 5.74) is 4.26. The van der Waals surface area contributed by atoms with Gasteiger partial charge >= 0.3 is 6.18 Å². The Bertz CT molecular complexity index is 603. The summed E-state index contributed by atoms with van der Waals surface area (Å²) >= 11 is 5.42. The highest BCUT2D eigenvalue weighted by atomic mass is 35.5. The molecule has 0 bridgehead atoms. The van der Waals surface area contributed by atoms with Crippen molar-refractivity contribution < 1.29 is 21.6 Å². The van der Waals surface area contributed by atoms with Crippen molar-refractivity contribution >= 4 is 21.6 Å². The minimum atomic E-state index is -4.71. The molecule has 0 radical (unpaired) electrons. The second kappa shape index (κ2) is 4.62. The Morgan fingerprint density at radius 3 is 2.42 bits per heavy atom. The third-order valence-electron chi connectivity index (χ3n) is 2.70. The Hall–Kier alpha value is -0.830. The number of hydrogen-bond donors (Lipinski definition) is 2. The monoisotopic (exact) mass is 314 g/mol. The van der Waals surface area contributed by atoms with Crippen molar-refractivity contribution in [1.29, 1.82) is 0 Å². The first-order chi connectivity index (χ1) is 8.61. The van der Waals surface area contributed by atoms with Gasteiger partial charge in [0.25, 0.3) is 0 Å². The van der Waals surface area contributed by atoms with Gasteiger partial charge in [-0.2, -0.15) is 13.2 Å². The molecule has 4 nitrogen and oxygen atoms in total. The molecule has 2 atom stereocenters. The molecule has 2 unspecified atom stereocenters. The number of nitrogens with two attached hydrogens (primary N) is 1. The Labute approximate surface area is 112 Å². The molecule has 19 heavy (non-hydrogen) atoms. The molecule has 0 amide bonds. The van der Waals surface area contributed by atoms with E-state index in [9.17, 15) is 21.6 Å². The van der Waals surface area contributed by atoms with Gasteiger partial charge in [-0.05, 0) is 24.6 Å². The molecule has 0 aromatic heterocycles. The van der Waals surface area contributed by atoms with Gasteiger partial charge in [-0.1, -0.05) is 11.6 Å². The van der Waals surface area contributed by atoms with Crippen molar-refractivity contribution in [1.82, 2.24) is 4.72 Å². The minimum Gasteiger partial charge on any atom is -0.326 e. The zero-order chi connectivity index (χ0) is 14.4. The summed E-state index contributed by atoms with van der Waals surface area (Å²) in [7, 11) is -4.02. The fourth-order valence-electron chi connectivity index (χ4n) is 1.51. The van der Waals surface area contributed by atoms with E-state index in [1.165, 1.54) is 0 Å². The maximum atomic E-state index is 12.6. The average molecular weight is 315 g/mol. The van der Waals surface area contributed by atoms with Gasteiger partial charge in [-0.15, -0.1) is 0 Å². The molecule has 1 aliphatic carbocycles. The van der Waals surface area contributed by atoms with E-state index in [0.717, 1.165) is 12.1 Å². The number of benzene rings is 1. The number of hydrogen-bond acceptors (Lipinski definition) is 3. The number of halogens is 4. The lowest BCUT2D eigenvalue weighted by Gasteiger charge is -2.11. The molecule has 0 aliphatic heterocycles. The van der Waals surface area contributed by atoms with Crippen molar-refractivity contribution in [3.05, 3.63) is 28.8 Å². The SMILES string of the molecule is NC1CC1NS(=O)(=O)c1ccc(Cl)c(C(F)(F)F)c1. The fraction of sp³-hybridized carbons (Fsp3) is 0.400. The topological polar surface area (TPSA) is 72.2 Å². The van der Waals surface area contributed by atoms with Gasteiger partial charge in [0.15, 0.2) is 0 Å². The summed E-state index contributed by atoms with van der Waals surface area (Å²) in [5.74, 6) is 0. The second-order valence-corrected chi connectivity index (χ2v) is 6.39. The lowest BCUT2D eigenvalue weighted by molar-refractivity contribution is -0.137. The van der Waals surface area contributed by atoms with Crippen LogP contribution in [-0.2, 0) is 16.2 Å². The summed E-state index contributed by atoms with van der Waals surface area (Å²) in [4.78, 5) is -0.483. The average Bonchev–Trinajstić information content (AvgIpc) is 2.91. The quantitative estimate of drug-likeness (QED) is 0.892. The zero-order valence-corrected chi connectivity index (χ0v) is 11.0. The fourth-order valence-corrected chi connectivity index (χ4v) is 3.06. The molecule has 0 saturated heterocycles. The van der Waals surface area contributed by atoms with Crippen molar-refractivity contribution in [3.63, 3.8) is 0 Å². The molecule has 106 valence electrons. The van der Waals surface area contributed by atoms with Crippen molar-refractivity contribution in [2.24, 2.45) is 5.73 Å². The van der Waals surface area contributed by atoms with Crippen LogP contribution in [0.15, 0.2) is 23.1 Å². The summed E-state index contributed by atoms with van der Waals surface area (Å²) in [6, 6.07) is 1.73. The molecule has 1 aromatic carbocycles. The highest BCUT2D eigenvalue weighted by molar-refractivity contribution is 7.89. The Morgan fingerprint density at radius 2 is 1.95 bits per heavy atom. The van der Waals surface area contributed by atoms with E-state index in [4.69, 9.17) is 17.3 Å². The largest absolute Gasteiger partial charge is 0.417 e. The van der Waals surface area contributed by atoms with Crippen molar-refractivity contribution in [3.8, 4) is 0 Å². The van der Waals surface area contributed by atoms with Crippen molar-refractivity contribution in [2.75, 3.05) is 0 Å². The first kappa shape index (κ1) is 14.6. The third-order valence-corrected chi connectivity index (χ3v) is 4.52. The van der Waals surface area contributed by atoms with E-state index in [0.29, 0.717) is 12.5 Å². The second-order valence-electron chi connectivity index (χ2n) is 4.27. The van der Waals surface area contributed by atoms with Crippen molar-refractivity contribution in [2.45, 2.75) is 29.6 Å². The lowest BCUT2D eigenvalue weighted by atomic mass is 10.2. The van der Waals surface area contributed by atoms with E-state index in [1.54, 1.807) is 0 Å². The molecule has 0 spiro atoms. The van der Waals surface area contributed by atoms with E-state index >= 15 is 0 Å². The van der Waals surface area contributed by atoms with E-state index in [-0.39, 0.29) is 6.04 Å². The zero-order valence-electron chi connectivity index (χ0n) is 9.41. The summed E-state index contributed by atoms with van der Waals surface area (Å²) < 4.78 is 63.8. The van der Waals surface area contributed by atoms with Gasteiger partial charge in [0, 0.05) is 12.1 Å². The molecule has 3 N–H and O–H groups in total. The lowest BCUT2D eigenvalue weighted by Crippen LogP contribution is -2.30. The first-order valence-corrected chi connectivity index (χ1v) is 7.12. The van der Waals surface area contributed by atoms with Crippen LogP contribution in [0.25, 0.3) is 0 Å². The van der Waals surface area contributed by atoms with Gasteiger partial charge < -0.3 is 5.73 Å². The van der Waals surface area contributed by atoms with Crippen LogP contribution in [0.1, 0.15) is 12.0 Å². The smallest absolute Gasteiger partial charge is 0.326 e. The maximum absolute atomic E-state index is 12.6. The van der Waals surface area contributed by atoms with Crippen LogP contribution in [0.4, 0.5) is 13.2 Å². The highest BCUT2D eigenvalue weighted by Crippen LogP contribution is 2.36. The number of nitrogens with one attached hydrogen (secondary N) is 1. The summed E-state index contributed by atoms with van der Waals surface area (Å²) in [5, 5.41) is -0.547. The minimum absolute atomic E-state index is 0.288. The first-order valence-electron chi connectivity index (χ1n) is 5.26. The van der Waals surface area contributed by atoms with Crippen LogP contribution < -0.4 is 10.5 Å². The van der Waals surface area contributed by atoms with E-state index < -0.39 is 37.7 Å². The van der Waals surface area contributed by atoms with Gasteiger partial charge in [0.2, 0.25) is 10.0 Å². The number of rotatable bonds is 3. The molecule has 1 saturated carbocycles. The van der Waals surface area contributed by atoms with Crippen LogP contribution in [0.5, 0.6) is 0 Å². The molecule has 9 heteroatoms. The van der Waals surface area contributed by atoms with E-state index in [1.807, 2.05) is 0 Å². The standard InChI is InChI=1S/C10H10ClF3N2O2S/c11-7-2-1-5(3-6(7)10(12,13)14)19(17,18)16-9-4-8(9)15/h1-3,8-9,16H,4,15H2. The predicted molar refractivity (Wildman–Crippen MR) is 63.2 cm³/mol. The van der Waals surface area contributed by atoms with Crippen LogP contribution in [0, 0.1) is 0 Å². The number of alkyl halides is 3. The normalized spacial score (nSPS) is 23.4. The Kier molecular flexibility index (Phi) is 3.54. The molecular formula is C10H10ClF3N2O2S.